The monoisotopic (exact) mass is 349 g/mol. The number of benzene rings is 1. The van der Waals surface area contributed by atoms with Gasteiger partial charge in [0.05, 0.1) is 5.92 Å². The Kier molecular flexibility index (Phi) is 4.71. The van der Waals surface area contributed by atoms with E-state index in [1.165, 1.54) is 0 Å². The predicted molar refractivity (Wildman–Crippen MR) is 101 cm³/mol. The zero-order chi connectivity index (χ0) is 17.9. The van der Waals surface area contributed by atoms with E-state index in [0.29, 0.717) is 6.61 Å². The summed E-state index contributed by atoms with van der Waals surface area (Å²) in [6.07, 6.45) is 5.85. The number of rotatable bonds is 5. The average Bonchev–Trinajstić information content (AvgIpc) is 3.31. The lowest BCUT2D eigenvalue weighted by molar-refractivity contribution is -0.147. The summed E-state index contributed by atoms with van der Waals surface area (Å²) >= 11 is 0. The molecule has 1 aliphatic rings. The minimum atomic E-state index is -0.325. The first-order valence-electron chi connectivity index (χ1n) is 9.08. The van der Waals surface area contributed by atoms with Gasteiger partial charge in [0, 0.05) is 30.9 Å². The molecule has 0 amide bonds. The molecule has 134 valence electrons. The van der Waals surface area contributed by atoms with Crippen LogP contribution in [0.15, 0.2) is 54.9 Å². The molecule has 1 N–H and O–H groups in total. The van der Waals surface area contributed by atoms with Gasteiger partial charge in [0.15, 0.2) is 0 Å². The van der Waals surface area contributed by atoms with Gasteiger partial charge >= 0.3 is 5.97 Å². The van der Waals surface area contributed by atoms with Crippen molar-refractivity contribution < 1.29 is 9.53 Å². The van der Waals surface area contributed by atoms with Crippen molar-refractivity contribution in [2.45, 2.75) is 31.4 Å². The summed E-state index contributed by atoms with van der Waals surface area (Å²) in [6.45, 7) is 1.24. The summed E-state index contributed by atoms with van der Waals surface area (Å²) in [7, 11) is 1.97. The van der Waals surface area contributed by atoms with Gasteiger partial charge in [-0.1, -0.05) is 30.3 Å². The second-order valence-electron chi connectivity index (χ2n) is 6.84. The maximum absolute atomic E-state index is 13.1. The molecule has 4 rings (SSSR count). The summed E-state index contributed by atoms with van der Waals surface area (Å²) in [5.41, 5.74) is 2.88. The summed E-state index contributed by atoms with van der Waals surface area (Å²) in [6, 6.07) is 13.9. The number of nitrogens with one attached hydrogen (secondary N) is 1. The van der Waals surface area contributed by atoms with Crippen LogP contribution in [0.1, 0.15) is 29.9 Å². The van der Waals surface area contributed by atoms with Crippen molar-refractivity contribution in [3.8, 4) is 0 Å². The van der Waals surface area contributed by atoms with Gasteiger partial charge in [0.25, 0.3) is 0 Å². The Labute approximate surface area is 153 Å². The van der Waals surface area contributed by atoms with Gasteiger partial charge in [-0.15, -0.1) is 0 Å². The Morgan fingerprint density at radius 1 is 1.31 bits per heavy atom. The number of nitrogens with zero attached hydrogens (tertiary/aromatic N) is 2. The van der Waals surface area contributed by atoms with Crippen LogP contribution in [-0.2, 0) is 23.2 Å². The van der Waals surface area contributed by atoms with E-state index < -0.39 is 0 Å². The van der Waals surface area contributed by atoms with Crippen molar-refractivity contribution in [1.82, 2.24) is 14.9 Å². The Morgan fingerprint density at radius 2 is 2.15 bits per heavy atom. The number of fused-ring (bicyclic) bond motifs is 1. The summed E-state index contributed by atoms with van der Waals surface area (Å²) < 4.78 is 7.69. The van der Waals surface area contributed by atoms with E-state index in [4.69, 9.17) is 4.74 Å². The number of aryl methyl sites for hydroxylation is 1. The third-order valence-electron chi connectivity index (χ3n) is 5.08. The molecule has 0 spiro atoms. The number of hydrogen-bond acceptors (Lipinski definition) is 4. The van der Waals surface area contributed by atoms with E-state index in [0.717, 1.165) is 41.5 Å². The smallest absolute Gasteiger partial charge is 0.315 e. The Bertz CT molecular complexity index is 898. The average molecular weight is 349 g/mol. The minimum absolute atomic E-state index is 0.101. The maximum Gasteiger partial charge on any atom is 0.315 e. The first-order chi connectivity index (χ1) is 12.7. The fraction of sp³-hybridized carbons (Fsp3) is 0.333. The standard InChI is InChI=1S/C21H23N3O2/c1-24-13-17(16-9-5-12-23-20(16)24)19(18-10-6-11-22-18)21(25)26-14-15-7-3-2-4-8-15/h2-5,7-9,12-13,18-19,22H,6,10-11,14H2,1H3. The van der Waals surface area contributed by atoms with Crippen molar-refractivity contribution in [2.24, 2.45) is 7.05 Å². The van der Waals surface area contributed by atoms with Crippen LogP contribution < -0.4 is 5.32 Å². The van der Waals surface area contributed by atoms with E-state index in [2.05, 4.69) is 10.3 Å². The number of ether oxygens (including phenoxy) is 1. The lowest BCUT2D eigenvalue weighted by atomic mass is 9.90. The van der Waals surface area contributed by atoms with Crippen LogP contribution in [0.3, 0.4) is 0 Å². The van der Waals surface area contributed by atoms with Crippen molar-refractivity contribution in [3.63, 3.8) is 0 Å². The zero-order valence-electron chi connectivity index (χ0n) is 14.9. The van der Waals surface area contributed by atoms with Crippen LogP contribution in [0.5, 0.6) is 0 Å². The van der Waals surface area contributed by atoms with Gasteiger partial charge in [0.2, 0.25) is 0 Å². The molecule has 3 heterocycles. The van der Waals surface area contributed by atoms with E-state index in [1.807, 2.05) is 60.3 Å². The fourth-order valence-electron chi connectivity index (χ4n) is 3.81. The molecule has 0 radical (unpaired) electrons. The Balaban J connectivity index is 1.64. The molecule has 1 aliphatic heterocycles. The molecular formula is C21H23N3O2. The third-order valence-corrected chi connectivity index (χ3v) is 5.08. The molecule has 26 heavy (non-hydrogen) atoms. The first-order valence-corrected chi connectivity index (χ1v) is 9.08. The van der Waals surface area contributed by atoms with Crippen LogP contribution in [0.2, 0.25) is 0 Å². The quantitative estimate of drug-likeness (QED) is 0.719. The molecule has 2 atom stereocenters. The molecule has 1 saturated heterocycles. The molecule has 2 unspecified atom stereocenters. The maximum atomic E-state index is 13.1. The van der Waals surface area contributed by atoms with Crippen molar-refractivity contribution >= 4 is 17.0 Å². The van der Waals surface area contributed by atoms with E-state index in [9.17, 15) is 4.79 Å². The second-order valence-corrected chi connectivity index (χ2v) is 6.84. The second kappa shape index (κ2) is 7.30. The number of carbonyl (C=O) groups excluding carboxylic acids is 1. The van der Waals surface area contributed by atoms with E-state index in [1.54, 1.807) is 6.20 Å². The normalized spacial score (nSPS) is 18.1. The van der Waals surface area contributed by atoms with Gasteiger partial charge in [-0.3, -0.25) is 4.79 Å². The van der Waals surface area contributed by atoms with E-state index >= 15 is 0 Å². The lowest BCUT2D eigenvalue weighted by Gasteiger charge is -2.22. The highest BCUT2D eigenvalue weighted by atomic mass is 16.5. The number of pyridine rings is 1. The Hall–Kier alpha value is -2.66. The Morgan fingerprint density at radius 3 is 2.92 bits per heavy atom. The van der Waals surface area contributed by atoms with E-state index in [-0.39, 0.29) is 17.9 Å². The van der Waals surface area contributed by atoms with Crippen LogP contribution in [0.25, 0.3) is 11.0 Å². The van der Waals surface area contributed by atoms with Crippen LogP contribution in [0, 0.1) is 0 Å². The molecule has 0 bridgehead atoms. The van der Waals surface area contributed by atoms with Gasteiger partial charge in [0.1, 0.15) is 12.3 Å². The molecule has 1 aromatic carbocycles. The topological polar surface area (TPSA) is 56.1 Å². The number of carbonyl (C=O) groups is 1. The molecule has 2 aromatic heterocycles. The zero-order valence-corrected chi connectivity index (χ0v) is 14.9. The van der Waals surface area contributed by atoms with Gasteiger partial charge in [-0.2, -0.15) is 0 Å². The van der Waals surface area contributed by atoms with Crippen LogP contribution in [0.4, 0.5) is 0 Å². The van der Waals surface area contributed by atoms with Crippen molar-refractivity contribution in [3.05, 3.63) is 66.0 Å². The van der Waals surface area contributed by atoms with Crippen LogP contribution >= 0.6 is 0 Å². The molecule has 0 saturated carbocycles. The molecule has 0 aliphatic carbocycles. The molecule has 5 nitrogen and oxygen atoms in total. The van der Waals surface area contributed by atoms with Gasteiger partial charge in [-0.05, 0) is 42.6 Å². The van der Waals surface area contributed by atoms with Crippen LogP contribution in [-0.4, -0.2) is 28.1 Å². The largest absolute Gasteiger partial charge is 0.460 e. The highest BCUT2D eigenvalue weighted by molar-refractivity contribution is 5.89. The van der Waals surface area contributed by atoms with Crippen molar-refractivity contribution in [1.29, 1.82) is 0 Å². The molecular weight excluding hydrogens is 326 g/mol. The number of aromatic nitrogens is 2. The predicted octanol–water partition coefficient (Wildman–Crippen LogP) is 3.15. The third kappa shape index (κ3) is 3.22. The number of hydrogen-bond donors (Lipinski definition) is 1. The molecule has 3 aromatic rings. The fourth-order valence-corrected chi connectivity index (χ4v) is 3.81. The summed E-state index contributed by atoms with van der Waals surface area (Å²) in [5, 5.41) is 4.50. The first kappa shape index (κ1) is 16.8. The number of esters is 1. The minimum Gasteiger partial charge on any atom is -0.460 e. The lowest BCUT2D eigenvalue weighted by Crippen LogP contribution is -2.34. The summed E-state index contributed by atoms with van der Waals surface area (Å²) in [5.74, 6) is -0.501. The SMILES string of the molecule is Cn1cc(C(C(=O)OCc2ccccc2)C2CCCN2)c2cccnc21. The van der Waals surface area contributed by atoms with Gasteiger partial charge in [-0.25, -0.2) is 4.98 Å². The molecule has 5 heteroatoms. The summed E-state index contributed by atoms with van der Waals surface area (Å²) in [4.78, 5) is 17.5. The van der Waals surface area contributed by atoms with Crippen molar-refractivity contribution in [2.75, 3.05) is 6.54 Å². The van der Waals surface area contributed by atoms with Gasteiger partial charge < -0.3 is 14.6 Å². The molecule has 1 fully saturated rings. The highest BCUT2D eigenvalue weighted by Gasteiger charge is 2.35. The highest BCUT2D eigenvalue weighted by Crippen LogP contribution is 2.32.